The van der Waals surface area contributed by atoms with Gasteiger partial charge in [-0.1, -0.05) is 0 Å². The van der Waals surface area contributed by atoms with Gasteiger partial charge < -0.3 is 18.8 Å². The van der Waals surface area contributed by atoms with Crippen LogP contribution in [0.25, 0.3) is 11.0 Å². The molecule has 1 aliphatic rings. The molecule has 0 amide bonds. The highest BCUT2D eigenvalue weighted by Crippen LogP contribution is 2.21. The number of esters is 1. The number of quaternary nitrogens is 1. The van der Waals surface area contributed by atoms with Crippen molar-refractivity contribution < 1.29 is 23.6 Å². The van der Waals surface area contributed by atoms with Crippen LogP contribution >= 0.6 is 0 Å². The molecule has 1 fully saturated rings. The van der Waals surface area contributed by atoms with Gasteiger partial charge in [0.05, 0.1) is 27.2 Å². The summed E-state index contributed by atoms with van der Waals surface area (Å²) in [5.41, 5.74) is -0.335. The van der Waals surface area contributed by atoms with Gasteiger partial charge in [-0.3, -0.25) is 0 Å². The molecule has 122 valence electrons. The van der Waals surface area contributed by atoms with Gasteiger partial charge in [-0.2, -0.15) is 0 Å². The Kier molecular flexibility index (Phi) is 4.34. The molecule has 6 heteroatoms. The van der Waals surface area contributed by atoms with Crippen molar-refractivity contribution in [3.05, 3.63) is 40.2 Å². The van der Waals surface area contributed by atoms with E-state index in [9.17, 15) is 9.59 Å². The molecule has 3 rings (SSSR count). The summed E-state index contributed by atoms with van der Waals surface area (Å²) in [6.45, 7) is 1.92. The lowest BCUT2D eigenvalue weighted by atomic mass is 10.1. The van der Waals surface area contributed by atoms with Crippen molar-refractivity contribution in [2.45, 2.75) is 18.9 Å². The highest BCUT2D eigenvalue weighted by molar-refractivity contribution is 5.93. The second-order valence-electron chi connectivity index (χ2n) is 5.91. The highest BCUT2D eigenvalue weighted by Gasteiger charge is 2.25. The van der Waals surface area contributed by atoms with Crippen LogP contribution in [-0.2, 0) is 4.74 Å². The molecule has 0 unspecified atom stereocenters. The predicted molar refractivity (Wildman–Crippen MR) is 84.1 cm³/mol. The number of methoxy groups -OCH3 is 1. The molecule has 23 heavy (non-hydrogen) atoms. The van der Waals surface area contributed by atoms with Crippen molar-refractivity contribution in [1.82, 2.24) is 0 Å². The molecule has 1 aromatic carbocycles. The van der Waals surface area contributed by atoms with Crippen molar-refractivity contribution in [2.24, 2.45) is 0 Å². The maximum Gasteiger partial charge on any atom is 0.351 e. The summed E-state index contributed by atoms with van der Waals surface area (Å²) in [6.07, 6.45) is 1.49. The number of hydrogen-bond acceptors (Lipinski definition) is 5. The predicted octanol–water partition coefficient (Wildman–Crippen LogP) is 0.635. The summed E-state index contributed by atoms with van der Waals surface area (Å²) in [6, 6.07) is 6.56. The number of likely N-dealkylation sites (tertiary alicyclic amines) is 1. The summed E-state index contributed by atoms with van der Waals surface area (Å²) < 4.78 is 15.8. The van der Waals surface area contributed by atoms with E-state index in [1.807, 2.05) is 0 Å². The molecule has 0 saturated carbocycles. The third kappa shape index (κ3) is 3.37. The van der Waals surface area contributed by atoms with Crippen LogP contribution in [0.3, 0.4) is 0 Å². The zero-order chi connectivity index (χ0) is 16.4. The quantitative estimate of drug-likeness (QED) is 0.664. The molecule has 2 heterocycles. The lowest BCUT2D eigenvalue weighted by molar-refractivity contribution is -0.885. The average Bonchev–Trinajstić information content (AvgIpc) is 2.55. The molecule has 2 aromatic rings. The summed E-state index contributed by atoms with van der Waals surface area (Å²) in [7, 11) is 3.67. The Hall–Kier alpha value is -2.34. The van der Waals surface area contributed by atoms with E-state index in [0.717, 1.165) is 25.9 Å². The summed E-state index contributed by atoms with van der Waals surface area (Å²) in [5.74, 6) is 0.0111. The Bertz CT molecular complexity index is 774. The minimum Gasteiger partial charge on any atom is -0.497 e. The van der Waals surface area contributed by atoms with Gasteiger partial charge in [0.15, 0.2) is 0 Å². The zero-order valence-electron chi connectivity index (χ0n) is 13.3. The third-order valence-electron chi connectivity index (χ3n) is 4.22. The van der Waals surface area contributed by atoms with E-state index in [4.69, 9.17) is 13.9 Å². The van der Waals surface area contributed by atoms with Crippen LogP contribution in [-0.4, -0.2) is 39.3 Å². The minimum atomic E-state index is -0.675. The van der Waals surface area contributed by atoms with Gasteiger partial charge in [0, 0.05) is 18.2 Å². The topological polar surface area (TPSA) is 70.2 Å². The molecule has 1 N–H and O–H groups in total. The van der Waals surface area contributed by atoms with E-state index < -0.39 is 11.6 Å². The molecule has 0 aliphatic carbocycles. The van der Waals surface area contributed by atoms with Gasteiger partial charge in [0.2, 0.25) is 0 Å². The van der Waals surface area contributed by atoms with Gasteiger partial charge in [0.1, 0.15) is 23.0 Å². The van der Waals surface area contributed by atoms with Gasteiger partial charge in [-0.25, -0.2) is 9.59 Å². The second-order valence-corrected chi connectivity index (χ2v) is 5.91. The van der Waals surface area contributed by atoms with E-state index in [-0.39, 0.29) is 11.7 Å². The third-order valence-corrected chi connectivity index (χ3v) is 4.22. The zero-order valence-corrected chi connectivity index (χ0v) is 13.3. The van der Waals surface area contributed by atoms with Crippen LogP contribution in [0.2, 0.25) is 0 Å². The fourth-order valence-corrected chi connectivity index (χ4v) is 2.79. The first-order chi connectivity index (χ1) is 11.1. The number of rotatable bonds is 3. The highest BCUT2D eigenvalue weighted by atomic mass is 16.5. The number of carbonyl (C=O) groups excluding carboxylic acids is 1. The SMILES string of the molecule is COc1ccc2oc(=O)c(C(=O)OC3CC[NH+](C)CC3)cc2c1. The van der Waals surface area contributed by atoms with Gasteiger partial charge >= 0.3 is 11.6 Å². The Morgan fingerprint density at radius 1 is 1.26 bits per heavy atom. The Morgan fingerprint density at radius 3 is 2.70 bits per heavy atom. The normalized spacial score (nSPS) is 21.1. The Morgan fingerprint density at radius 2 is 2.00 bits per heavy atom. The number of piperidine rings is 1. The van der Waals surface area contributed by atoms with Crippen LogP contribution in [0.4, 0.5) is 0 Å². The van der Waals surface area contributed by atoms with Crippen molar-refractivity contribution in [2.75, 3.05) is 27.2 Å². The first-order valence-corrected chi connectivity index (χ1v) is 7.71. The smallest absolute Gasteiger partial charge is 0.351 e. The molecule has 0 spiro atoms. The van der Waals surface area contributed by atoms with Crippen LogP contribution < -0.4 is 15.3 Å². The number of benzene rings is 1. The molecule has 1 aromatic heterocycles. The van der Waals surface area contributed by atoms with Crippen LogP contribution in [0, 0.1) is 0 Å². The van der Waals surface area contributed by atoms with Crippen LogP contribution in [0.1, 0.15) is 23.2 Å². The molecule has 0 atom stereocenters. The molecular weight excluding hydrogens is 298 g/mol. The maximum absolute atomic E-state index is 12.3. The number of carbonyl (C=O) groups is 1. The largest absolute Gasteiger partial charge is 0.497 e. The monoisotopic (exact) mass is 318 g/mol. The van der Waals surface area contributed by atoms with Gasteiger partial charge in [0.25, 0.3) is 0 Å². The Balaban J connectivity index is 1.84. The van der Waals surface area contributed by atoms with E-state index in [1.165, 1.54) is 11.0 Å². The lowest BCUT2D eigenvalue weighted by Gasteiger charge is -2.26. The number of fused-ring (bicyclic) bond motifs is 1. The van der Waals surface area contributed by atoms with Gasteiger partial charge in [-0.05, 0) is 24.3 Å². The number of nitrogens with one attached hydrogen (secondary N) is 1. The van der Waals surface area contributed by atoms with Gasteiger partial charge in [-0.15, -0.1) is 0 Å². The first kappa shape index (κ1) is 15.6. The van der Waals surface area contributed by atoms with Crippen molar-refractivity contribution in [1.29, 1.82) is 0 Å². The molecule has 1 saturated heterocycles. The first-order valence-electron chi connectivity index (χ1n) is 7.71. The standard InChI is InChI=1S/C17H19NO5/c1-18-7-5-12(6-8-18)22-16(19)14-10-11-9-13(21-2)3-4-15(11)23-17(14)20/h3-4,9-10,12H,5-8H2,1-2H3/p+1. The molecule has 6 nitrogen and oxygen atoms in total. The van der Waals surface area contributed by atoms with E-state index in [2.05, 4.69) is 7.05 Å². The minimum absolute atomic E-state index is 0.0722. The molecule has 1 aliphatic heterocycles. The summed E-state index contributed by atoms with van der Waals surface area (Å²) in [5, 5.41) is 0.628. The maximum atomic E-state index is 12.3. The average molecular weight is 318 g/mol. The van der Waals surface area contributed by atoms with Crippen molar-refractivity contribution in [3.63, 3.8) is 0 Å². The molecule has 0 radical (unpaired) electrons. The van der Waals surface area contributed by atoms with E-state index in [0.29, 0.717) is 16.7 Å². The summed E-state index contributed by atoms with van der Waals surface area (Å²) in [4.78, 5) is 25.7. The molecule has 0 bridgehead atoms. The van der Waals surface area contributed by atoms with Crippen molar-refractivity contribution >= 4 is 16.9 Å². The Labute approximate surface area is 133 Å². The van der Waals surface area contributed by atoms with Crippen LogP contribution in [0.5, 0.6) is 5.75 Å². The number of hydrogen-bond donors (Lipinski definition) is 1. The second kappa shape index (κ2) is 6.42. The molecular formula is C17H20NO5+. The van der Waals surface area contributed by atoms with E-state index in [1.54, 1.807) is 25.3 Å². The fourth-order valence-electron chi connectivity index (χ4n) is 2.79. The lowest BCUT2D eigenvalue weighted by Crippen LogP contribution is -3.10. The van der Waals surface area contributed by atoms with Crippen LogP contribution in [0.15, 0.2) is 33.5 Å². The van der Waals surface area contributed by atoms with E-state index >= 15 is 0 Å². The number of ether oxygens (including phenoxy) is 2. The summed E-state index contributed by atoms with van der Waals surface area (Å²) >= 11 is 0. The fraction of sp³-hybridized carbons (Fsp3) is 0.412. The van der Waals surface area contributed by atoms with Crippen molar-refractivity contribution in [3.8, 4) is 5.75 Å².